The molecule has 0 radical (unpaired) electrons. The number of halogens is 3. The van der Waals surface area contributed by atoms with Gasteiger partial charge < -0.3 is 0 Å². The van der Waals surface area contributed by atoms with Gasteiger partial charge in [-0.25, -0.2) is 9.67 Å². The van der Waals surface area contributed by atoms with Crippen LogP contribution in [0.3, 0.4) is 0 Å². The summed E-state index contributed by atoms with van der Waals surface area (Å²) in [5, 5.41) is 13.0. The van der Waals surface area contributed by atoms with Crippen LogP contribution in [0.25, 0.3) is 17.2 Å². The number of Topliss-reactive ketones (excluding diaryl/α,β-unsaturated/α-hetero) is 1. The average molecular weight is 469 g/mol. The zero-order valence-corrected chi connectivity index (χ0v) is 18.2. The lowest BCUT2D eigenvalue weighted by Crippen LogP contribution is -2.24. The molecule has 2 N–H and O–H groups in total. The van der Waals surface area contributed by atoms with Crippen LogP contribution < -0.4 is 5.32 Å². The topological polar surface area (TPSA) is 118 Å². The van der Waals surface area contributed by atoms with E-state index in [1.54, 1.807) is 12.1 Å². The van der Waals surface area contributed by atoms with Crippen molar-refractivity contribution in [2.75, 3.05) is 5.32 Å². The second-order valence-corrected chi connectivity index (χ2v) is 7.46. The number of anilines is 1. The van der Waals surface area contributed by atoms with Gasteiger partial charge in [-0.3, -0.25) is 20.0 Å². The molecule has 3 aromatic heterocycles. The van der Waals surface area contributed by atoms with Gasteiger partial charge >= 0.3 is 6.18 Å². The molecule has 4 rings (SSSR count). The first-order chi connectivity index (χ1) is 16.0. The molecule has 3 heterocycles. The van der Waals surface area contributed by atoms with Crippen LogP contribution in [0.5, 0.6) is 0 Å². The van der Waals surface area contributed by atoms with Gasteiger partial charge in [-0.1, -0.05) is 12.1 Å². The number of hydrogen-bond donors (Lipinski definition) is 2. The Morgan fingerprint density at radius 2 is 1.76 bits per heavy atom. The summed E-state index contributed by atoms with van der Waals surface area (Å²) in [4.78, 5) is 33.9. The maximum atomic E-state index is 13.1. The lowest BCUT2D eigenvalue weighted by atomic mass is 10.1. The van der Waals surface area contributed by atoms with Gasteiger partial charge in [0.2, 0.25) is 5.95 Å². The van der Waals surface area contributed by atoms with Crippen molar-refractivity contribution in [3.63, 3.8) is 0 Å². The van der Waals surface area contributed by atoms with Gasteiger partial charge in [0, 0.05) is 5.69 Å². The third kappa shape index (κ3) is 4.42. The van der Waals surface area contributed by atoms with Gasteiger partial charge in [0.15, 0.2) is 5.82 Å². The second kappa shape index (κ2) is 8.54. The zero-order chi connectivity index (χ0) is 24.6. The Morgan fingerprint density at radius 1 is 1.03 bits per heavy atom. The van der Waals surface area contributed by atoms with Crippen LogP contribution in [0, 0.1) is 20.8 Å². The molecule has 0 aliphatic heterocycles. The zero-order valence-electron chi connectivity index (χ0n) is 18.2. The van der Waals surface area contributed by atoms with E-state index in [1.807, 2.05) is 13.0 Å². The van der Waals surface area contributed by atoms with E-state index in [2.05, 4.69) is 30.6 Å². The largest absolute Gasteiger partial charge is 0.416 e. The molecule has 174 valence electrons. The third-order valence-electron chi connectivity index (χ3n) is 4.98. The molecule has 0 aliphatic rings. The molecule has 0 fully saturated rings. The van der Waals surface area contributed by atoms with E-state index in [1.165, 1.54) is 30.7 Å². The highest BCUT2D eigenvalue weighted by molar-refractivity contribution is 6.46. The third-order valence-corrected chi connectivity index (χ3v) is 4.98. The smallest absolute Gasteiger partial charge is 0.286 e. The van der Waals surface area contributed by atoms with E-state index < -0.39 is 23.4 Å². The van der Waals surface area contributed by atoms with E-state index >= 15 is 0 Å². The van der Waals surface area contributed by atoms with Crippen LogP contribution in [-0.2, 0) is 11.0 Å². The number of nitrogens with one attached hydrogen (secondary N) is 2. The minimum absolute atomic E-state index is 0.0222. The molecule has 0 saturated heterocycles. The van der Waals surface area contributed by atoms with Crippen molar-refractivity contribution in [2.24, 2.45) is 0 Å². The number of pyridine rings is 1. The van der Waals surface area contributed by atoms with Crippen LogP contribution in [-0.4, -0.2) is 41.6 Å². The van der Waals surface area contributed by atoms with Gasteiger partial charge in [0.1, 0.15) is 5.69 Å². The standard InChI is InChI=1S/C22H18F3N7O2/c1-11-6-4-9-16(26-11)19-27-21(30-29-19)28-20(34)18(33)17-12(2)31-32(13(17)3)15-8-5-7-14(10-15)22(23,24)25/h4-10H,1-3H3,(H2,27,28,29,30,34). The van der Waals surface area contributed by atoms with Crippen molar-refractivity contribution >= 4 is 17.6 Å². The first-order valence-corrected chi connectivity index (χ1v) is 10.0. The van der Waals surface area contributed by atoms with Crippen molar-refractivity contribution in [3.8, 4) is 17.2 Å². The first kappa shape index (κ1) is 22.8. The number of amides is 1. The highest BCUT2D eigenvalue weighted by atomic mass is 19.4. The lowest BCUT2D eigenvalue weighted by molar-refractivity contribution is -0.137. The lowest BCUT2D eigenvalue weighted by Gasteiger charge is -2.10. The summed E-state index contributed by atoms with van der Waals surface area (Å²) in [7, 11) is 0. The number of aromatic amines is 1. The molecule has 0 aliphatic carbocycles. The minimum Gasteiger partial charge on any atom is -0.286 e. The van der Waals surface area contributed by atoms with E-state index in [4.69, 9.17) is 0 Å². The van der Waals surface area contributed by atoms with Crippen molar-refractivity contribution < 1.29 is 22.8 Å². The molecule has 0 bridgehead atoms. The van der Waals surface area contributed by atoms with Crippen molar-refractivity contribution in [2.45, 2.75) is 26.9 Å². The highest BCUT2D eigenvalue weighted by Gasteiger charge is 2.31. The van der Waals surface area contributed by atoms with Crippen molar-refractivity contribution in [1.82, 2.24) is 29.9 Å². The summed E-state index contributed by atoms with van der Waals surface area (Å²) in [5.41, 5.74) is 0.912. The van der Waals surface area contributed by atoms with E-state index in [0.29, 0.717) is 11.5 Å². The normalized spacial score (nSPS) is 11.5. The maximum Gasteiger partial charge on any atom is 0.416 e. The average Bonchev–Trinajstić information content (AvgIpc) is 3.36. The molecule has 4 aromatic rings. The summed E-state index contributed by atoms with van der Waals surface area (Å²) in [6.45, 7) is 4.80. The van der Waals surface area contributed by atoms with Crippen LogP contribution in [0.4, 0.5) is 19.1 Å². The van der Waals surface area contributed by atoms with Crippen molar-refractivity contribution in [1.29, 1.82) is 0 Å². The van der Waals surface area contributed by atoms with Gasteiger partial charge in [0.05, 0.1) is 28.2 Å². The molecule has 0 unspecified atom stereocenters. The summed E-state index contributed by atoms with van der Waals surface area (Å²) in [6, 6.07) is 9.83. The Balaban J connectivity index is 1.57. The Labute approximate surface area is 191 Å². The van der Waals surface area contributed by atoms with Crippen LogP contribution in [0.2, 0.25) is 0 Å². The van der Waals surface area contributed by atoms with E-state index in [0.717, 1.165) is 17.8 Å². The number of carbonyl (C=O) groups excluding carboxylic acids is 2. The fraction of sp³-hybridized carbons (Fsp3) is 0.182. The van der Waals surface area contributed by atoms with Crippen LogP contribution >= 0.6 is 0 Å². The fourth-order valence-corrected chi connectivity index (χ4v) is 3.42. The molecule has 1 aromatic carbocycles. The minimum atomic E-state index is -4.53. The fourth-order valence-electron chi connectivity index (χ4n) is 3.42. The van der Waals surface area contributed by atoms with E-state index in [9.17, 15) is 22.8 Å². The molecular weight excluding hydrogens is 451 g/mol. The summed E-state index contributed by atoms with van der Waals surface area (Å²) >= 11 is 0. The number of benzene rings is 1. The number of H-pyrrole nitrogens is 1. The molecule has 9 nitrogen and oxygen atoms in total. The predicted octanol–water partition coefficient (Wildman–Crippen LogP) is 3.82. The van der Waals surface area contributed by atoms with Crippen molar-refractivity contribution in [3.05, 3.63) is 70.7 Å². The Morgan fingerprint density at radius 3 is 2.47 bits per heavy atom. The number of aromatic nitrogens is 6. The number of aryl methyl sites for hydroxylation is 2. The molecule has 34 heavy (non-hydrogen) atoms. The Bertz CT molecular complexity index is 1410. The highest BCUT2D eigenvalue weighted by Crippen LogP contribution is 2.31. The quantitative estimate of drug-likeness (QED) is 0.339. The number of carbonyl (C=O) groups is 2. The molecule has 0 atom stereocenters. The molecule has 0 saturated carbocycles. The maximum absolute atomic E-state index is 13.1. The SMILES string of the molecule is Cc1cccc(-c2nc(NC(=O)C(=O)c3c(C)nn(-c4cccc(C(F)(F)F)c4)c3C)n[nH]2)n1. The number of nitrogens with zero attached hydrogens (tertiary/aromatic N) is 5. The van der Waals surface area contributed by atoms with E-state index in [-0.39, 0.29) is 28.6 Å². The Kier molecular flexibility index (Phi) is 5.73. The van der Waals surface area contributed by atoms with Gasteiger partial charge in [-0.2, -0.15) is 23.3 Å². The van der Waals surface area contributed by atoms with Crippen LogP contribution in [0.1, 0.15) is 33.0 Å². The number of rotatable bonds is 5. The molecule has 1 amide bonds. The Hall–Kier alpha value is -4.35. The summed E-state index contributed by atoms with van der Waals surface area (Å²) in [5.74, 6) is -1.76. The van der Waals surface area contributed by atoms with Gasteiger partial charge in [-0.15, -0.1) is 5.10 Å². The predicted molar refractivity (Wildman–Crippen MR) is 115 cm³/mol. The van der Waals surface area contributed by atoms with Crippen LogP contribution in [0.15, 0.2) is 42.5 Å². The first-order valence-electron chi connectivity index (χ1n) is 10.0. The number of ketones is 1. The molecular formula is C22H18F3N7O2. The summed E-state index contributed by atoms with van der Waals surface area (Å²) < 4.78 is 40.4. The molecule has 12 heteroatoms. The molecule has 0 spiro atoms. The second-order valence-electron chi connectivity index (χ2n) is 7.46. The van der Waals surface area contributed by atoms with Gasteiger partial charge in [0.25, 0.3) is 11.7 Å². The van der Waals surface area contributed by atoms with Gasteiger partial charge in [-0.05, 0) is 51.1 Å². The number of alkyl halides is 3. The monoisotopic (exact) mass is 469 g/mol. The summed E-state index contributed by atoms with van der Waals surface area (Å²) in [6.07, 6.45) is -4.53. The number of hydrogen-bond acceptors (Lipinski definition) is 6.